The number of rotatable bonds is 6. The van der Waals surface area contributed by atoms with Crippen LogP contribution in [0.1, 0.15) is 18.1 Å². The van der Waals surface area contributed by atoms with Gasteiger partial charge in [-0.2, -0.15) is 0 Å². The molecule has 1 atom stereocenters. The summed E-state index contributed by atoms with van der Waals surface area (Å²) in [5.41, 5.74) is 7.86. The zero-order valence-electron chi connectivity index (χ0n) is 10.9. The van der Waals surface area contributed by atoms with Crippen molar-refractivity contribution in [1.82, 2.24) is 0 Å². The number of ether oxygens (including phenoxy) is 3. The molecule has 4 heteroatoms. The van der Waals surface area contributed by atoms with E-state index in [1.54, 1.807) is 21.3 Å². The molecule has 0 heterocycles. The van der Waals surface area contributed by atoms with E-state index in [4.69, 9.17) is 19.9 Å². The fraction of sp³-hybridized carbons (Fsp3) is 0.538. The quantitative estimate of drug-likeness (QED) is 0.821. The first kappa shape index (κ1) is 13.8. The molecule has 0 saturated heterocycles. The zero-order valence-corrected chi connectivity index (χ0v) is 10.9. The molecule has 0 aliphatic rings. The van der Waals surface area contributed by atoms with Gasteiger partial charge in [0, 0.05) is 18.7 Å². The summed E-state index contributed by atoms with van der Waals surface area (Å²) < 4.78 is 15.9. The van der Waals surface area contributed by atoms with Crippen LogP contribution in [0, 0.1) is 0 Å². The van der Waals surface area contributed by atoms with Crippen LogP contribution in [0.25, 0.3) is 0 Å². The Balaban J connectivity index is 3.16. The first-order valence-corrected chi connectivity index (χ1v) is 5.60. The second kappa shape index (κ2) is 6.47. The van der Waals surface area contributed by atoms with E-state index in [1.807, 2.05) is 19.1 Å². The standard InChI is InChI=1S/C13H21NO3/c1-9(14)5-11-12(16-3)6-10(8-15-2)7-13(11)17-4/h6-7,9H,5,8,14H2,1-4H3. The molecule has 1 rings (SSSR count). The molecule has 1 aromatic rings. The Morgan fingerprint density at radius 2 is 1.65 bits per heavy atom. The van der Waals surface area contributed by atoms with Crippen LogP contribution in [0.2, 0.25) is 0 Å². The minimum absolute atomic E-state index is 0.0612. The molecule has 0 saturated carbocycles. The van der Waals surface area contributed by atoms with Gasteiger partial charge in [0.1, 0.15) is 11.5 Å². The van der Waals surface area contributed by atoms with Crippen molar-refractivity contribution in [2.24, 2.45) is 5.73 Å². The average molecular weight is 239 g/mol. The summed E-state index contributed by atoms with van der Waals surface area (Å²) >= 11 is 0. The molecule has 4 nitrogen and oxygen atoms in total. The van der Waals surface area contributed by atoms with Gasteiger partial charge in [0.25, 0.3) is 0 Å². The summed E-state index contributed by atoms with van der Waals surface area (Å²) in [6.45, 7) is 2.49. The van der Waals surface area contributed by atoms with Gasteiger partial charge < -0.3 is 19.9 Å². The third kappa shape index (κ3) is 3.61. The molecule has 17 heavy (non-hydrogen) atoms. The van der Waals surface area contributed by atoms with Crippen LogP contribution in [0.3, 0.4) is 0 Å². The first-order valence-electron chi connectivity index (χ1n) is 5.60. The van der Waals surface area contributed by atoms with Gasteiger partial charge in [-0.15, -0.1) is 0 Å². The zero-order chi connectivity index (χ0) is 12.8. The topological polar surface area (TPSA) is 53.7 Å². The van der Waals surface area contributed by atoms with Crippen LogP contribution in [-0.4, -0.2) is 27.4 Å². The maximum atomic E-state index is 5.83. The lowest BCUT2D eigenvalue weighted by atomic mass is 10.0. The average Bonchev–Trinajstić information content (AvgIpc) is 2.30. The molecular weight excluding hydrogens is 218 g/mol. The summed E-state index contributed by atoms with van der Waals surface area (Å²) in [5.74, 6) is 1.60. The Kier molecular flexibility index (Phi) is 5.25. The summed E-state index contributed by atoms with van der Waals surface area (Å²) in [6, 6.07) is 3.99. The van der Waals surface area contributed by atoms with Crippen LogP contribution in [0.5, 0.6) is 11.5 Å². The van der Waals surface area contributed by atoms with Crippen molar-refractivity contribution >= 4 is 0 Å². The number of methoxy groups -OCH3 is 3. The van der Waals surface area contributed by atoms with Crippen molar-refractivity contribution in [3.63, 3.8) is 0 Å². The lowest BCUT2D eigenvalue weighted by Gasteiger charge is -2.16. The lowest BCUT2D eigenvalue weighted by Crippen LogP contribution is -2.19. The molecule has 2 N–H and O–H groups in total. The van der Waals surface area contributed by atoms with Crippen molar-refractivity contribution in [3.8, 4) is 11.5 Å². The highest BCUT2D eigenvalue weighted by Gasteiger charge is 2.13. The van der Waals surface area contributed by atoms with Crippen molar-refractivity contribution in [2.45, 2.75) is 26.0 Å². The first-order chi connectivity index (χ1) is 8.12. The van der Waals surface area contributed by atoms with Gasteiger partial charge in [-0.05, 0) is 31.0 Å². The third-order valence-corrected chi connectivity index (χ3v) is 2.50. The summed E-state index contributed by atoms with van der Waals surface area (Å²) in [4.78, 5) is 0. The van der Waals surface area contributed by atoms with E-state index in [-0.39, 0.29) is 6.04 Å². The van der Waals surface area contributed by atoms with Crippen molar-refractivity contribution in [3.05, 3.63) is 23.3 Å². The van der Waals surface area contributed by atoms with E-state index in [9.17, 15) is 0 Å². The smallest absolute Gasteiger partial charge is 0.126 e. The van der Waals surface area contributed by atoms with Gasteiger partial charge in [-0.1, -0.05) is 0 Å². The summed E-state index contributed by atoms with van der Waals surface area (Å²) in [7, 11) is 4.96. The van der Waals surface area contributed by atoms with Crippen LogP contribution >= 0.6 is 0 Å². The largest absolute Gasteiger partial charge is 0.496 e. The Bertz CT molecular complexity index is 339. The number of hydrogen-bond donors (Lipinski definition) is 1. The van der Waals surface area contributed by atoms with Crippen molar-refractivity contribution < 1.29 is 14.2 Å². The molecule has 0 aliphatic heterocycles. The third-order valence-electron chi connectivity index (χ3n) is 2.50. The van der Waals surface area contributed by atoms with Crippen LogP contribution < -0.4 is 15.2 Å². The van der Waals surface area contributed by atoms with E-state index in [0.717, 1.165) is 29.0 Å². The minimum Gasteiger partial charge on any atom is -0.496 e. The number of hydrogen-bond acceptors (Lipinski definition) is 4. The lowest BCUT2D eigenvalue weighted by molar-refractivity contribution is 0.184. The molecule has 0 bridgehead atoms. The SMILES string of the molecule is COCc1cc(OC)c(CC(C)N)c(OC)c1. The molecule has 0 aromatic heterocycles. The van der Waals surface area contributed by atoms with Crippen molar-refractivity contribution in [2.75, 3.05) is 21.3 Å². The van der Waals surface area contributed by atoms with Gasteiger partial charge in [-0.3, -0.25) is 0 Å². The monoisotopic (exact) mass is 239 g/mol. The second-order valence-corrected chi connectivity index (χ2v) is 4.09. The fourth-order valence-corrected chi connectivity index (χ4v) is 1.81. The van der Waals surface area contributed by atoms with Gasteiger partial charge in [0.05, 0.1) is 20.8 Å². The molecular formula is C13H21NO3. The molecule has 0 amide bonds. The van der Waals surface area contributed by atoms with E-state index >= 15 is 0 Å². The van der Waals surface area contributed by atoms with Crippen LogP contribution in [0.4, 0.5) is 0 Å². The summed E-state index contributed by atoms with van der Waals surface area (Å²) in [6.07, 6.45) is 0.722. The molecule has 0 fully saturated rings. The van der Waals surface area contributed by atoms with E-state index in [0.29, 0.717) is 6.61 Å². The van der Waals surface area contributed by atoms with Crippen molar-refractivity contribution in [1.29, 1.82) is 0 Å². The Labute approximate surface area is 103 Å². The van der Waals surface area contributed by atoms with E-state index in [2.05, 4.69) is 0 Å². The predicted molar refractivity (Wildman–Crippen MR) is 67.6 cm³/mol. The van der Waals surface area contributed by atoms with E-state index < -0.39 is 0 Å². The number of nitrogens with two attached hydrogens (primary N) is 1. The highest BCUT2D eigenvalue weighted by atomic mass is 16.5. The maximum Gasteiger partial charge on any atom is 0.126 e. The predicted octanol–water partition coefficient (Wildman–Crippen LogP) is 1.74. The second-order valence-electron chi connectivity index (χ2n) is 4.09. The molecule has 0 aliphatic carbocycles. The van der Waals surface area contributed by atoms with Gasteiger partial charge in [0.2, 0.25) is 0 Å². The fourth-order valence-electron chi connectivity index (χ4n) is 1.81. The normalized spacial score (nSPS) is 12.3. The van der Waals surface area contributed by atoms with Gasteiger partial charge >= 0.3 is 0 Å². The molecule has 1 unspecified atom stereocenters. The van der Waals surface area contributed by atoms with Gasteiger partial charge in [0.15, 0.2) is 0 Å². The molecule has 96 valence electrons. The highest BCUT2D eigenvalue weighted by molar-refractivity contribution is 5.48. The Morgan fingerprint density at radius 1 is 1.12 bits per heavy atom. The minimum atomic E-state index is 0.0612. The molecule has 0 spiro atoms. The molecule has 0 radical (unpaired) electrons. The molecule has 1 aromatic carbocycles. The van der Waals surface area contributed by atoms with Crippen LogP contribution in [-0.2, 0) is 17.8 Å². The maximum absolute atomic E-state index is 5.83. The van der Waals surface area contributed by atoms with Crippen LogP contribution in [0.15, 0.2) is 12.1 Å². The Hall–Kier alpha value is -1.26. The number of benzene rings is 1. The highest BCUT2D eigenvalue weighted by Crippen LogP contribution is 2.31. The Morgan fingerprint density at radius 3 is 2.00 bits per heavy atom. The van der Waals surface area contributed by atoms with E-state index in [1.165, 1.54) is 0 Å². The van der Waals surface area contributed by atoms with Gasteiger partial charge in [-0.25, -0.2) is 0 Å². The summed E-state index contributed by atoms with van der Waals surface area (Å²) in [5, 5.41) is 0.